The van der Waals surface area contributed by atoms with Crippen LogP contribution in [0.4, 0.5) is 0 Å². The van der Waals surface area contributed by atoms with Crippen molar-refractivity contribution in [3.8, 4) is 0 Å². The average molecular weight is 167 g/mol. The maximum Gasteiger partial charge on any atom is 0.0159 e. The van der Waals surface area contributed by atoms with Gasteiger partial charge in [0.2, 0.25) is 0 Å². The van der Waals surface area contributed by atoms with Gasteiger partial charge >= 0.3 is 0 Å². The molecule has 0 bridgehead atoms. The first-order valence-electron chi connectivity index (χ1n) is 5.30. The second-order valence-corrected chi connectivity index (χ2v) is 5.37. The summed E-state index contributed by atoms with van der Waals surface area (Å²) in [4.78, 5) is 0. The zero-order valence-corrected chi connectivity index (χ0v) is 8.56. The van der Waals surface area contributed by atoms with Crippen molar-refractivity contribution in [2.45, 2.75) is 52.5 Å². The summed E-state index contributed by atoms with van der Waals surface area (Å²) in [6.07, 6.45) is 5.56. The van der Waals surface area contributed by atoms with Crippen molar-refractivity contribution in [3.05, 3.63) is 0 Å². The van der Waals surface area contributed by atoms with Gasteiger partial charge in [0.15, 0.2) is 0 Å². The van der Waals surface area contributed by atoms with Crippen molar-refractivity contribution < 1.29 is 0 Å². The Morgan fingerprint density at radius 3 is 2.25 bits per heavy atom. The minimum absolute atomic E-state index is 0.441. The summed E-state index contributed by atoms with van der Waals surface area (Å²) in [5.41, 5.74) is 7.15. The van der Waals surface area contributed by atoms with Gasteiger partial charge in [-0.2, -0.15) is 0 Å². The van der Waals surface area contributed by atoms with Gasteiger partial charge in [-0.15, -0.1) is 0 Å². The van der Waals surface area contributed by atoms with Crippen LogP contribution in [0.2, 0.25) is 0 Å². The molecule has 0 saturated heterocycles. The lowest BCUT2D eigenvalue weighted by Gasteiger charge is -2.12. The molecular formula is C11H21N. The van der Waals surface area contributed by atoms with E-state index in [0.717, 1.165) is 5.92 Å². The third-order valence-corrected chi connectivity index (χ3v) is 4.80. The third kappa shape index (κ3) is 0.783. The molecule has 3 unspecified atom stereocenters. The Morgan fingerprint density at radius 2 is 2.00 bits per heavy atom. The smallest absolute Gasteiger partial charge is 0.0159 e. The maximum absolute atomic E-state index is 6.16. The van der Waals surface area contributed by atoms with Gasteiger partial charge in [0.25, 0.3) is 0 Å². The number of hydrogen-bond acceptors (Lipinski definition) is 1. The van der Waals surface area contributed by atoms with E-state index in [0.29, 0.717) is 16.9 Å². The van der Waals surface area contributed by atoms with Crippen molar-refractivity contribution in [1.29, 1.82) is 0 Å². The molecule has 1 spiro atoms. The highest BCUT2D eigenvalue weighted by Gasteiger charge is 2.70. The van der Waals surface area contributed by atoms with Crippen LogP contribution in [0.5, 0.6) is 0 Å². The van der Waals surface area contributed by atoms with Gasteiger partial charge in [-0.3, -0.25) is 0 Å². The molecule has 2 N–H and O–H groups in total. The summed E-state index contributed by atoms with van der Waals surface area (Å²) < 4.78 is 0. The molecule has 0 aromatic rings. The van der Waals surface area contributed by atoms with E-state index in [1.54, 1.807) is 0 Å². The van der Waals surface area contributed by atoms with Gasteiger partial charge in [0, 0.05) is 6.04 Å². The van der Waals surface area contributed by atoms with Crippen LogP contribution in [0.15, 0.2) is 0 Å². The molecule has 0 aliphatic heterocycles. The minimum Gasteiger partial charge on any atom is -0.327 e. The van der Waals surface area contributed by atoms with Gasteiger partial charge in [-0.1, -0.05) is 27.2 Å². The molecule has 0 heterocycles. The summed E-state index contributed by atoms with van der Waals surface area (Å²) in [6, 6.07) is 0.488. The average Bonchev–Trinajstić information content (AvgIpc) is 2.43. The molecule has 0 amide bonds. The second-order valence-electron chi connectivity index (χ2n) is 5.37. The normalized spacial score (nSPS) is 50.0. The number of hydrogen-bond donors (Lipinski definition) is 1. The van der Waals surface area contributed by atoms with E-state index in [1.807, 2.05) is 0 Å². The fraction of sp³-hybridized carbons (Fsp3) is 1.00. The topological polar surface area (TPSA) is 26.0 Å². The molecule has 0 aromatic carbocycles. The molecule has 2 rings (SSSR count). The fourth-order valence-electron chi connectivity index (χ4n) is 3.38. The van der Waals surface area contributed by atoms with E-state index in [4.69, 9.17) is 5.73 Å². The van der Waals surface area contributed by atoms with Crippen LogP contribution in [-0.4, -0.2) is 6.04 Å². The summed E-state index contributed by atoms with van der Waals surface area (Å²) in [7, 11) is 0. The van der Waals surface area contributed by atoms with Crippen LogP contribution in [0.3, 0.4) is 0 Å². The van der Waals surface area contributed by atoms with Crippen LogP contribution >= 0.6 is 0 Å². The van der Waals surface area contributed by atoms with Crippen LogP contribution in [0.1, 0.15) is 46.5 Å². The molecule has 2 aliphatic carbocycles. The van der Waals surface area contributed by atoms with Crippen LogP contribution in [-0.2, 0) is 0 Å². The van der Waals surface area contributed by atoms with Gasteiger partial charge in [-0.05, 0) is 36.0 Å². The molecule has 70 valence electrons. The molecule has 1 nitrogen and oxygen atoms in total. The quantitative estimate of drug-likeness (QED) is 0.638. The van der Waals surface area contributed by atoms with Crippen molar-refractivity contribution in [2.24, 2.45) is 22.5 Å². The highest BCUT2D eigenvalue weighted by molar-refractivity contribution is 5.22. The van der Waals surface area contributed by atoms with E-state index in [-0.39, 0.29) is 0 Å². The highest BCUT2D eigenvalue weighted by Crippen LogP contribution is 2.71. The summed E-state index contributed by atoms with van der Waals surface area (Å²) in [6.45, 7) is 7.00. The van der Waals surface area contributed by atoms with Gasteiger partial charge in [0.1, 0.15) is 0 Å². The van der Waals surface area contributed by atoms with Crippen molar-refractivity contribution in [3.63, 3.8) is 0 Å². The van der Waals surface area contributed by atoms with E-state index in [1.165, 1.54) is 25.7 Å². The van der Waals surface area contributed by atoms with Crippen LogP contribution in [0.25, 0.3) is 0 Å². The Hall–Kier alpha value is -0.0400. The predicted molar refractivity (Wildman–Crippen MR) is 51.8 cm³/mol. The lowest BCUT2D eigenvalue weighted by molar-refractivity contribution is 0.372. The molecular weight excluding hydrogens is 146 g/mol. The van der Waals surface area contributed by atoms with E-state index >= 15 is 0 Å². The molecule has 3 atom stereocenters. The monoisotopic (exact) mass is 167 g/mol. The Morgan fingerprint density at radius 1 is 1.42 bits per heavy atom. The standard InChI is InChI=1S/C11H21N/c1-4-8-5-6-11(7-8)9(12)10(11,2)3/h8-9H,4-7,12H2,1-3H3. The minimum atomic E-state index is 0.441. The molecule has 2 fully saturated rings. The zero-order chi connectivity index (χ0) is 8.98. The van der Waals surface area contributed by atoms with Crippen LogP contribution < -0.4 is 5.73 Å². The first-order chi connectivity index (χ1) is 5.54. The number of nitrogens with two attached hydrogens (primary N) is 1. The SMILES string of the molecule is CCC1CCC2(C1)C(N)C2(C)C. The van der Waals surface area contributed by atoms with Crippen molar-refractivity contribution in [1.82, 2.24) is 0 Å². The summed E-state index contributed by atoms with van der Waals surface area (Å²) in [5.74, 6) is 0.970. The lowest BCUT2D eigenvalue weighted by atomic mass is 9.92. The van der Waals surface area contributed by atoms with Crippen LogP contribution in [0, 0.1) is 16.7 Å². The highest BCUT2D eigenvalue weighted by atomic mass is 14.9. The van der Waals surface area contributed by atoms with Gasteiger partial charge in [0.05, 0.1) is 0 Å². The first-order valence-corrected chi connectivity index (χ1v) is 5.30. The summed E-state index contributed by atoms with van der Waals surface area (Å²) in [5, 5.41) is 0. The fourth-order valence-corrected chi connectivity index (χ4v) is 3.38. The van der Waals surface area contributed by atoms with E-state index in [9.17, 15) is 0 Å². The second kappa shape index (κ2) is 2.25. The van der Waals surface area contributed by atoms with Gasteiger partial charge in [-0.25, -0.2) is 0 Å². The Balaban J connectivity index is 2.09. The largest absolute Gasteiger partial charge is 0.327 e. The zero-order valence-electron chi connectivity index (χ0n) is 8.56. The molecule has 2 aliphatic rings. The van der Waals surface area contributed by atoms with E-state index in [2.05, 4.69) is 20.8 Å². The number of rotatable bonds is 1. The van der Waals surface area contributed by atoms with Gasteiger partial charge < -0.3 is 5.73 Å². The predicted octanol–water partition coefficient (Wildman–Crippen LogP) is 2.55. The third-order valence-electron chi connectivity index (χ3n) is 4.80. The van der Waals surface area contributed by atoms with Crippen molar-refractivity contribution in [2.75, 3.05) is 0 Å². The molecule has 1 heteroatoms. The molecule has 0 radical (unpaired) electrons. The lowest BCUT2D eigenvalue weighted by Crippen LogP contribution is -2.10. The molecule has 0 aromatic heterocycles. The van der Waals surface area contributed by atoms with E-state index < -0.39 is 0 Å². The maximum atomic E-state index is 6.16. The Labute approximate surface area is 75.7 Å². The molecule has 2 saturated carbocycles. The summed E-state index contributed by atoms with van der Waals surface area (Å²) >= 11 is 0. The Kier molecular flexibility index (Phi) is 1.61. The Bertz CT molecular complexity index is 197. The first kappa shape index (κ1) is 8.55. The molecule has 12 heavy (non-hydrogen) atoms. The van der Waals surface area contributed by atoms with Crippen molar-refractivity contribution >= 4 is 0 Å².